The Labute approximate surface area is 155 Å². The molecule has 0 spiro atoms. The topological polar surface area (TPSA) is 98.5 Å². The fraction of sp³-hybridized carbons (Fsp3) is 0.188. The van der Waals surface area contributed by atoms with E-state index in [4.69, 9.17) is 33.1 Å². The zero-order valence-corrected chi connectivity index (χ0v) is 15.4. The third-order valence-corrected chi connectivity index (χ3v) is 4.70. The van der Waals surface area contributed by atoms with Crippen molar-refractivity contribution in [3.8, 4) is 5.75 Å². The summed E-state index contributed by atoms with van der Waals surface area (Å²) in [7, 11) is -3.70. The van der Waals surface area contributed by atoms with Crippen LogP contribution in [0.1, 0.15) is 5.56 Å². The number of ether oxygens (including phenoxy) is 1. The van der Waals surface area contributed by atoms with Crippen molar-refractivity contribution in [1.29, 1.82) is 0 Å². The van der Waals surface area contributed by atoms with Crippen LogP contribution in [0.15, 0.2) is 47.4 Å². The van der Waals surface area contributed by atoms with Crippen molar-refractivity contribution in [2.75, 3.05) is 13.2 Å². The Morgan fingerprint density at radius 1 is 1.12 bits per heavy atom. The fourth-order valence-electron chi connectivity index (χ4n) is 1.98. The molecule has 0 heterocycles. The second kappa shape index (κ2) is 8.53. The molecule has 25 heavy (non-hydrogen) atoms. The lowest BCUT2D eigenvalue weighted by molar-refractivity contribution is -0.123. The summed E-state index contributed by atoms with van der Waals surface area (Å²) in [6.07, 6.45) is 0.540. The van der Waals surface area contributed by atoms with Crippen molar-refractivity contribution < 1.29 is 17.9 Å². The summed E-state index contributed by atoms with van der Waals surface area (Å²) < 4.78 is 27.7. The third-order valence-electron chi connectivity index (χ3n) is 3.24. The van der Waals surface area contributed by atoms with E-state index >= 15 is 0 Å². The van der Waals surface area contributed by atoms with E-state index in [1.54, 1.807) is 24.3 Å². The summed E-state index contributed by atoms with van der Waals surface area (Å²) >= 11 is 11.7. The third kappa shape index (κ3) is 6.21. The van der Waals surface area contributed by atoms with Gasteiger partial charge in [-0.1, -0.05) is 35.3 Å². The van der Waals surface area contributed by atoms with Crippen LogP contribution in [0, 0.1) is 0 Å². The lowest BCUT2D eigenvalue weighted by Gasteiger charge is -2.09. The first kappa shape index (κ1) is 19.5. The number of sulfonamides is 1. The van der Waals surface area contributed by atoms with Gasteiger partial charge in [-0.15, -0.1) is 0 Å². The lowest BCUT2D eigenvalue weighted by Crippen LogP contribution is -2.30. The average molecular weight is 403 g/mol. The number of nitrogens with one attached hydrogen (secondary N) is 1. The first-order valence-corrected chi connectivity index (χ1v) is 9.52. The van der Waals surface area contributed by atoms with Crippen molar-refractivity contribution in [3.63, 3.8) is 0 Å². The molecule has 0 fully saturated rings. The number of hydrogen-bond donors (Lipinski definition) is 2. The normalized spacial score (nSPS) is 11.2. The van der Waals surface area contributed by atoms with E-state index in [1.165, 1.54) is 18.2 Å². The summed E-state index contributed by atoms with van der Waals surface area (Å²) in [6.45, 7) is 0.205. The second-order valence-corrected chi connectivity index (χ2v) is 7.56. The van der Waals surface area contributed by atoms with Gasteiger partial charge in [0.1, 0.15) is 5.75 Å². The van der Waals surface area contributed by atoms with Crippen molar-refractivity contribution in [2.45, 2.75) is 11.3 Å². The number of carbonyl (C=O) groups is 1. The van der Waals surface area contributed by atoms with E-state index in [0.29, 0.717) is 28.8 Å². The Bertz CT molecular complexity index is 855. The Morgan fingerprint density at radius 2 is 1.80 bits per heavy atom. The van der Waals surface area contributed by atoms with Crippen molar-refractivity contribution in [2.24, 2.45) is 5.14 Å². The largest absolute Gasteiger partial charge is 0.482 e. The van der Waals surface area contributed by atoms with E-state index in [-0.39, 0.29) is 17.4 Å². The van der Waals surface area contributed by atoms with Crippen molar-refractivity contribution in [3.05, 3.63) is 58.1 Å². The zero-order chi connectivity index (χ0) is 18.4. The molecule has 1 amide bonds. The SMILES string of the molecule is NS(=O)(=O)c1ccc(CCNC(=O)COc2ccc(Cl)cc2Cl)cc1. The number of nitrogens with two attached hydrogens (primary N) is 1. The molecule has 9 heteroatoms. The van der Waals surface area contributed by atoms with Gasteiger partial charge in [0.15, 0.2) is 6.61 Å². The molecule has 0 unspecified atom stereocenters. The number of halogens is 2. The first-order valence-electron chi connectivity index (χ1n) is 7.22. The van der Waals surface area contributed by atoms with Gasteiger partial charge in [-0.25, -0.2) is 13.6 Å². The number of hydrogen-bond acceptors (Lipinski definition) is 4. The molecule has 3 N–H and O–H groups in total. The highest BCUT2D eigenvalue weighted by molar-refractivity contribution is 7.89. The van der Waals surface area contributed by atoms with E-state index < -0.39 is 10.0 Å². The van der Waals surface area contributed by atoms with Gasteiger partial charge in [-0.3, -0.25) is 4.79 Å². The predicted octanol–water partition coefficient (Wildman–Crippen LogP) is 2.38. The molecule has 0 aliphatic rings. The van der Waals surface area contributed by atoms with Crippen LogP contribution in [0.5, 0.6) is 5.75 Å². The Morgan fingerprint density at radius 3 is 2.40 bits per heavy atom. The van der Waals surface area contributed by atoms with Crippen LogP contribution in [0.3, 0.4) is 0 Å². The van der Waals surface area contributed by atoms with Gasteiger partial charge in [-0.2, -0.15) is 0 Å². The minimum absolute atomic E-state index is 0.0496. The lowest BCUT2D eigenvalue weighted by atomic mass is 10.1. The number of rotatable bonds is 7. The molecular formula is C16H16Cl2N2O4S. The molecule has 0 saturated carbocycles. The van der Waals surface area contributed by atoms with Crippen LogP contribution < -0.4 is 15.2 Å². The monoisotopic (exact) mass is 402 g/mol. The van der Waals surface area contributed by atoms with E-state index in [9.17, 15) is 13.2 Å². The summed E-state index contributed by atoms with van der Waals surface area (Å²) in [4.78, 5) is 11.8. The predicted molar refractivity (Wildman–Crippen MR) is 96.5 cm³/mol. The van der Waals surface area contributed by atoms with E-state index in [2.05, 4.69) is 5.32 Å². The number of primary sulfonamides is 1. The number of carbonyl (C=O) groups excluding carboxylic acids is 1. The summed E-state index contributed by atoms with van der Waals surface area (Å²) in [5.41, 5.74) is 0.870. The Hall–Kier alpha value is -1.80. The second-order valence-electron chi connectivity index (χ2n) is 5.15. The average Bonchev–Trinajstić information content (AvgIpc) is 2.53. The van der Waals surface area contributed by atoms with Crippen LogP contribution in [0.25, 0.3) is 0 Å². The van der Waals surface area contributed by atoms with Gasteiger partial charge in [0.25, 0.3) is 5.91 Å². The van der Waals surface area contributed by atoms with Gasteiger partial charge in [-0.05, 0) is 42.3 Å². The zero-order valence-electron chi connectivity index (χ0n) is 13.0. The smallest absolute Gasteiger partial charge is 0.257 e. The summed E-state index contributed by atoms with van der Waals surface area (Å²) in [5.74, 6) is 0.0759. The van der Waals surface area contributed by atoms with E-state index in [1.807, 2.05) is 0 Å². The van der Waals surface area contributed by atoms with Gasteiger partial charge < -0.3 is 10.1 Å². The number of benzene rings is 2. The van der Waals surface area contributed by atoms with E-state index in [0.717, 1.165) is 5.56 Å². The molecule has 0 atom stereocenters. The molecule has 2 aromatic rings. The molecule has 0 aliphatic heterocycles. The molecule has 6 nitrogen and oxygen atoms in total. The molecule has 2 aromatic carbocycles. The molecule has 0 aliphatic carbocycles. The van der Waals surface area contributed by atoms with Gasteiger partial charge >= 0.3 is 0 Å². The molecule has 134 valence electrons. The van der Waals surface area contributed by atoms with Crippen LogP contribution in [-0.4, -0.2) is 27.5 Å². The van der Waals surface area contributed by atoms with Crippen LogP contribution >= 0.6 is 23.2 Å². The number of amides is 1. The minimum Gasteiger partial charge on any atom is -0.482 e. The maximum absolute atomic E-state index is 11.8. The fourth-order valence-corrected chi connectivity index (χ4v) is 2.96. The standard InChI is InChI=1S/C16H16Cl2N2O4S/c17-12-3-6-15(14(18)9-12)24-10-16(21)20-8-7-11-1-4-13(5-2-11)25(19,22)23/h1-6,9H,7-8,10H2,(H,20,21)(H2,19,22,23). The summed E-state index contributed by atoms with van der Waals surface area (Å²) in [6, 6.07) is 10.9. The highest BCUT2D eigenvalue weighted by Gasteiger charge is 2.08. The molecule has 2 rings (SSSR count). The first-order chi connectivity index (χ1) is 11.8. The molecule has 0 bridgehead atoms. The van der Waals surface area contributed by atoms with Gasteiger partial charge in [0.2, 0.25) is 10.0 Å². The molecule has 0 saturated heterocycles. The van der Waals surface area contributed by atoms with Crippen molar-refractivity contribution >= 4 is 39.1 Å². The Kier molecular flexibility index (Phi) is 6.66. The van der Waals surface area contributed by atoms with Crippen LogP contribution in [-0.2, 0) is 21.2 Å². The molecular weight excluding hydrogens is 387 g/mol. The highest BCUT2D eigenvalue weighted by Crippen LogP contribution is 2.27. The van der Waals surface area contributed by atoms with Crippen molar-refractivity contribution in [1.82, 2.24) is 5.32 Å². The van der Waals surface area contributed by atoms with Gasteiger partial charge in [0, 0.05) is 11.6 Å². The Balaban J connectivity index is 1.77. The summed E-state index contributed by atoms with van der Waals surface area (Å²) in [5, 5.41) is 8.54. The van der Waals surface area contributed by atoms with Gasteiger partial charge in [0.05, 0.1) is 9.92 Å². The quantitative estimate of drug-likeness (QED) is 0.742. The maximum Gasteiger partial charge on any atom is 0.257 e. The van der Waals surface area contributed by atoms with Crippen LogP contribution in [0.2, 0.25) is 10.0 Å². The minimum atomic E-state index is -3.70. The molecule has 0 aromatic heterocycles. The highest BCUT2D eigenvalue weighted by atomic mass is 35.5. The maximum atomic E-state index is 11.8. The molecule has 0 radical (unpaired) electrons. The van der Waals surface area contributed by atoms with Crippen LogP contribution in [0.4, 0.5) is 0 Å².